The van der Waals surface area contributed by atoms with Gasteiger partial charge in [0.1, 0.15) is 11.2 Å². The van der Waals surface area contributed by atoms with Gasteiger partial charge in [0.2, 0.25) is 0 Å². The minimum Gasteiger partial charge on any atom is -0.456 e. The second kappa shape index (κ2) is 10.6. The van der Waals surface area contributed by atoms with Gasteiger partial charge in [0.25, 0.3) is 0 Å². The molecule has 1 aliphatic carbocycles. The van der Waals surface area contributed by atoms with Gasteiger partial charge in [-0.2, -0.15) is 10.5 Å². The quantitative estimate of drug-likeness (QED) is 0.193. The molecule has 6 aromatic carbocycles. The van der Waals surface area contributed by atoms with Crippen LogP contribution >= 0.6 is 0 Å². The number of hydrogen-bond acceptors (Lipinski definition) is 3. The molecule has 3 aromatic heterocycles. The molecule has 3 heterocycles. The standard InChI is InChI=1S/C45H28N4O/c1-27-14-17-32-33-18-21-43-44(34-10-4-7-13-42(34)50-43)45(33)49(41(32)22-27)40-20-16-29(26-47)24-36(40)35-23-28(25-46)15-19-39(35)48-37-11-5-2-8-30(37)31-9-3-6-12-38(31)48/h2-21,23-24,27H,22H2,1H3. The second-order valence-corrected chi connectivity index (χ2v) is 13.2. The van der Waals surface area contributed by atoms with Crippen LogP contribution in [0.5, 0.6) is 0 Å². The number of allylic oxidation sites excluding steroid dienone is 1. The van der Waals surface area contributed by atoms with Gasteiger partial charge in [-0.05, 0) is 79.1 Å². The lowest BCUT2D eigenvalue weighted by Crippen LogP contribution is -2.10. The van der Waals surface area contributed by atoms with Gasteiger partial charge in [-0.25, -0.2) is 0 Å². The third-order valence-corrected chi connectivity index (χ3v) is 10.3. The van der Waals surface area contributed by atoms with Crippen molar-refractivity contribution in [1.82, 2.24) is 9.13 Å². The van der Waals surface area contributed by atoms with Gasteiger partial charge in [-0.15, -0.1) is 0 Å². The smallest absolute Gasteiger partial charge is 0.137 e. The molecule has 50 heavy (non-hydrogen) atoms. The number of hydrogen-bond donors (Lipinski definition) is 0. The summed E-state index contributed by atoms with van der Waals surface area (Å²) in [5.41, 5.74) is 12.1. The molecule has 0 aliphatic heterocycles. The molecule has 0 amide bonds. The Kier molecular flexibility index (Phi) is 5.98. The fourth-order valence-electron chi connectivity index (χ4n) is 8.16. The summed E-state index contributed by atoms with van der Waals surface area (Å²) in [5.74, 6) is 0.346. The zero-order valence-corrected chi connectivity index (χ0v) is 27.2. The van der Waals surface area contributed by atoms with Gasteiger partial charge in [-0.1, -0.05) is 73.7 Å². The average Bonchev–Trinajstić information content (AvgIpc) is 3.81. The van der Waals surface area contributed by atoms with Crippen molar-refractivity contribution in [2.24, 2.45) is 5.92 Å². The van der Waals surface area contributed by atoms with E-state index in [1.165, 1.54) is 11.3 Å². The van der Waals surface area contributed by atoms with E-state index in [0.29, 0.717) is 17.0 Å². The first-order valence-electron chi connectivity index (χ1n) is 16.9. The minimum atomic E-state index is 0.346. The van der Waals surface area contributed by atoms with Crippen LogP contribution in [0.25, 0.3) is 83.2 Å². The van der Waals surface area contributed by atoms with Crippen LogP contribution in [0.15, 0.2) is 132 Å². The largest absolute Gasteiger partial charge is 0.456 e. The highest BCUT2D eigenvalue weighted by Crippen LogP contribution is 2.45. The summed E-state index contributed by atoms with van der Waals surface area (Å²) >= 11 is 0. The van der Waals surface area contributed by atoms with Crippen LogP contribution in [-0.2, 0) is 6.42 Å². The second-order valence-electron chi connectivity index (χ2n) is 13.2. The van der Waals surface area contributed by atoms with E-state index in [1.54, 1.807) is 0 Å². The van der Waals surface area contributed by atoms with Crippen molar-refractivity contribution in [1.29, 1.82) is 10.5 Å². The Labute approximate surface area is 287 Å². The Balaban J connectivity index is 1.37. The van der Waals surface area contributed by atoms with Gasteiger partial charge in [0.15, 0.2) is 0 Å². The monoisotopic (exact) mass is 640 g/mol. The predicted molar refractivity (Wildman–Crippen MR) is 202 cm³/mol. The minimum absolute atomic E-state index is 0.346. The van der Waals surface area contributed by atoms with Crippen molar-refractivity contribution in [3.8, 4) is 34.6 Å². The lowest BCUT2D eigenvalue weighted by molar-refractivity contribution is 0.669. The molecule has 10 rings (SSSR count). The van der Waals surface area contributed by atoms with E-state index in [0.717, 1.165) is 83.6 Å². The Morgan fingerprint density at radius 2 is 1.22 bits per heavy atom. The first-order chi connectivity index (χ1) is 24.6. The van der Waals surface area contributed by atoms with Crippen molar-refractivity contribution in [2.75, 3.05) is 0 Å². The Morgan fingerprint density at radius 1 is 0.620 bits per heavy atom. The van der Waals surface area contributed by atoms with Gasteiger partial charge < -0.3 is 13.6 Å². The molecular formula is C45H28N4O. The van der Waals surface area contributed by atoms with Crippen LogP contribution in [0.4, 0.5) is 0 Å². The molecule has 0 saturated carbocycles. The van der Waals surface area contributed by atoms with Crippen LogP contribution in [0.1, 0.15) is 29.3 Å². The summed E-state index contributed by atoms with van der Waals surface area (Å²) in [7, 11) is 0. The highest BCUT2D eigenvalue weighted by Gasteiger charge is 2.27. The lowest BCUT2D eigenvalue weighted by atomic mass is 9.94. The summed E-state index contributed by atoms with van der Waals surface area (Å²) in [5, 5.41) is 26.1. The van der Waals surface area contributed by atoms with Crippen molar-refractivity contribution >= 4 is 60.7 Å². The number of rotatable bonds is 3. The van der Waals surface area contributed by atoms with Gasteiger partial charge in [0, 0.05) is 43.9 Å². The molecule has 5 heteroatoms. The Morgan fingerprint density at radius 3 is 1.88 bits per heavy atom. The molecule has 0 bridgehead atoms. The average molecular weight is 641 g/mol. The molecule has 0 fully saturated rings. The van der Waals surface area contributed by atoms with Crippen molar-refractivity contribution in [3.05, 3.63) is 150 Å². The maximum atomic E-state index is 10.3. The molecule has 234 valence electrons. The van der Waals surface area contributed by atoms with Crippen molar-refractivity contribution in [2.45, 2.75) is 13.3 Å². The summed E-state index contributed by atoms with van der Waals surface area (Å²) < 4.78 is 11.1. The lowest BCUT2D eigenvalue weighted by Gasteiger charge is -2.22. The van der Waals surface area contributed by atoms with E-state index in [9.17, 15) is 10.5 Å². The summed E-state index contributed by atoms with van der Waals surface area (Å²) in [6.45, 7) is 2.25. The fourth-order valence-corrected chi connectivity index (χ4v) is 8.16. The fraction of sp³-hybridized carbons (Fsp3) is 0.0667. The number of furan rings is 1. The maximum absolute atomic E-state index is 10.3. The molecule has 1 unspecified atom stereocenters. The maximum Gasteiger partial charge on any atom is 0.137 e. The van der Waals surface area contributed by atoms with E-state index < -0.39 is 0 Å². The first-order valence-corrected chi connectivity index (χ1v) is 16.9. The summed E-state index contributed by atoms with van der Waals surface area (Å²) in [4.78, 5) is 0. The van der Waals surface area contributed by atoms with Gasteiger partial charge in [0.05, 0.1) is 56.6 Å². The van der Waals surface area contributed by atoms with Gasteiger partial charge in [-0.3, -0.25) is 0 Å². The molecule has 1 atom stereocenters. The normalized spacial score (nSPS) is 14.1. The third-order valence-electron chi connectivity index (χ3n) is 10.3. The predicted octanol–water partition coefficient (Wildman–Crippen LogP) is 11.2. The number of nitriles is 2. The first kappa shape index (κ1) is 28.2. The van der Waals surface area contributed by atoms with E-state index >= 15 is 0 Å². The van der Waals surface area contributed by atoms with E-state index in [1.807, 2.05) is 42.5 Å². The highest BCUT2D eigenvalue weighted by atomic mass is 16.3. The van der Waals surface area contributed by atoms with E-state index in [4.69, 9.17) is 4.42 Å². The zero-order chi connectivity index (χ0) is 33.5. The topological polar surface area (TPSA) is 70.6 Å². The molecule has 0 saturated heterocycles. The Hall–Kier alpha value is -6.82. The van der Waals surface area contributed by atoms with E-state index in [2.05, 4.69) is 119 Å². The third kappa shape index (κ3) is 3.92. The summed E-state index contributed by atoms with van der Waals surface area (Å²) in [6, 6.07) is 46.0. The molecule has 0 spiro atoms. The molecule has 1 aliphatic rings. The molecular weight excluding hydrogens is 613 g/mol. The van der Waals surface area contributed by atoms with Crippen LogP contribution < -0.4 is 0 Å². The number of benzene rings is 6. The number of nitrogens with zero attached hydrogens (tertiary/aromatic N) is 4. The van der Waals surface area contributed by atoms with Crippen molar-refractivity contribution in [3.63, 3.8) is 0 Å². The zero-order valence-electron chi connectivity index (χ0n) is 27.2. The van der Waals surface area contributed by atoms with Gasteiger partial charge >= 0.3 is 0 Å². The van der Waals surface area contributed by atoms with Crippen LogP contribution in [-0.4, -0.2) is 9.13 Å². The highest BCUT2D eigenvalue weighted by molar-refractivity contribution is 6.20. The molecule has 5 nitrogen and oxygen atoms in total. The Bertz CT molecular complexity index is 2950. The number of para-hydroxylation sites is 3. The number of aromatic nitrogens is 2. The van der Waals surface area contributed by atoms with Crippen molar-refractivity contribution < 1.29 is 4.42 Å². The van der Waals surface area contributed by atoms with Crippen LogP contribution in [0.2, 0.25) is 0 Å². The van der Waals surface area contributed by atoms with Crippen LogP contribution in [0.3, 0.4) is 0 Å². The number of fused-ring (bicyclic) bond motifs is 10. The molecule has 9 aromatic rings. The molecule has 0 N–H and O–H groups in total. The molecule has 0 radical (unpaired) electrons. The summed E-state index contributed by atoms with van der Waals surface area (Å²) in [6.07, 6.45) is 5.41. The van der Waals surface area contributed by atoms with Crippen LogP contribution in [0, 0.1) is 28.6 Å². The van der Waals surface area contributed by atoms with E-state index in [-0.39, 0.29) is 0 Å². The SMILES string of the molecule is CC1C=Cc2c(n(-c3ccc(C#N)cc3-c3cc(C#N)ccc3-n3c4ccccc4c4ccccc43)c3c2ccc2oc4ccccc4c23)C1.